The Morgan fingerprint density at radius 2 is 2.00 bits per heavy atom. The van der Waals surface area contributed by atoms with Gasteiger partial charge in [-0.05, 0) is 46.2 Å². The Balaban J connectivity index is 2.18. The summed E-state index contributed by atoms with van der Waals surface area (Å²) in [6.07, 6.45) is 0.701. The van der Waals surface area contributed by atoms with Gasteiger partial charge in [-0.1, -0.05) is 6.07 Å². The molecule has 0 spiro atoms. The molecule has 1 atom stereocenters. The van der Waals surface area contributed by atoms with Gasteiger partial charge >= 0.3 is 0 Å². The van der Waals surface area contributed by atoms with Crippen molar-refractivity contribution in [2.24, 2.45) is 0 Å². The molecular weight excluding hydrogens is 269 g/mol. The summed E-state index contributed by atoms with van der Waals surface area (Å²) in [5.41, 5.74) is 1.08. The number of anilines is 2. The molecule has 2 rings (SSSR count). The summed E-state index contributed by atoms with van der Waals surface area (Å²) in [6.45, 7) is 8.70. The first-order chi connectivity index (χ1) is 9.90. The average molecular weight is 293 g/mol. The summed E-state index contributed by atoms with van der Waals surface area (Å²) >= 11 is 0. The van der Waals surface area contributed by atoms with Crippen LogP contribution in [0, 0.1) is 5.82 Å². The number of halogens is 1. The largest absolute Gasteiger partial charge is 0.381 e. The lowest BCUT2D eigenvalue weighted by Crippen LogP contribution is -2.37. The maximum absolute atomic E-state index is 14.1. The van der Waals surface area contributed by atoms with E-state index < -0.39 is 0 Å². The van der Waals surface area contributed by atoms with Crippen molar-refractivity contribution in [1.82, 2.24) is 4.90 Å². The third-order valence-electron chi connectivity index (χ3n) is 3.64. The van der Waals surface area contributed by atoms with Gasteiger partial charge in [0, 0.05) is 18.6 Å². The minimum absolute atomic E-state index is 0.0451. The van der Waals surface area contributed by atoms with Gasteiger partial charge in [0.2, 0.25) is 5.91 Å². The molecule has 1 fully saturated rings. The number of rotatable bonds is 5. The molecule has 116 valence electrons. The van der Waals surface area contributed by atoms with E-state index in [0.717, 1.165) is 6.54 Å². The Morgan fingerprint density at radius 1 is 1.29 bits per heavy atom. The zero-order valence-corrected chi connectivity index (χ0v) is 13.1. The Hall–Kier alpha value is -1.78. The van der Waals surface area contributed by atoms with Crippen molar-refractivity contribution in [3.05, 3.63) is 24.0 Å². The van der Waals surface area contributed by atoms with Crippen molar-refractivity contribution in [3.63, 3.8) is 0 Å². The van der Waals surface area contributed by atoms with E-state index >= 15 is 0 Å². The van der Waals surface area contributed by atoms with Gasteiger partial charge in [0.1, 0.15) is 11.9 Å². The van der Waals surface area contributed by atoms with Crippen LogP contribution in [0.3, 0.4) is 0 Å². The fourth-order valence-electron chi connectivity index (χ4n) is 2.62. The molecule has 5 heteroatoms. The molecule has 0 saturated carbocycles. The van der Waals surface area contributed by atoms with Crippen LogP contribution in [0.2, 0.25) is 0 Å². The van der Waals surface area contributed by atoms with Crippen LogP contribution in [0.25, 0.3) is 0 Å². The van der Waals surface area contributed by atoms with Crippen molar-refractivity contribution < 1.29 is 9.18 Å². The van der Waals surface area contributed by atoms with Gasteiger partial charge in [-0.25, -0.2) is 4.39 Å². The van der Waals surface area contributed by atoms with Crippen LogP contribution in [0.4, 0.5) is 15.8 Å². The first-order valence-electron chi connectivity index (χ1n) is 7.52. The molecule has 0 unspecified atom stereocenters. The fourth-order valence-corrected chi connectivity index (χ4v) is 2.62. The van der Waals surface area contributed by atoms with E-state index in [1.165, 1.54) is 6.07 Å². The number of hydrogen-bond acceptors (Lipinski definition) is 3. The van der Waals surface area contributed by atoms with Gasteiger partial charge in [0.15, 0.2) is 0 Å². The summed E-state index contributed by atoms with van der Waals surface area (Å²) in [6, 6.07) is 4.93. The number of hydrogen-bond donors (Lipinski definition) is 2. The van der Waals surface area contributed by atoms with Crippen molar-refractivity contribution in [1.29, 1.82) is 0 Å². The van der Waals surface area contributed by atoms with Crippen molar-refractivity contribution in [3.8, 4) is 0 Å². The van der Waals surface area contributed by atoms with Crippen LogP contribution >= 0.6 is 0 Å². The number of nitrogens with zero attached hydrogens (tertiary/aromatic N) is 1. The molecule has 0 radical (unpaired) electrons. The number of para-hydroxylation sites is 1. The molecule has 1 amide bonds. The van der Waals surface area contributed by atoms with Gasteiger partial charge in [0.25, 0.3) is 0 Å². The topological polar surface area (TPSA) is 44.4 Å². The lowest BCUT2D eigenvalue weighted by molar-refractivity contribution is -0.129. The number of likely N-dealkylation sites (tertiary alicyclic amines) is 1. The van der Waals surface area contributed by atoms with Crippen LogP contribution in [0.1, 0.15) is 34.1 Å². The number of carbonyl (C=O) groups excluding carboxylic acids is 1. The highest BCUT2D eigenvalue weighted by atomic mass is 19.1. The number of nitrogens with one attached hydrogen (secondary N) is 2. The van der Waals surface area contributed by atoms with E-state index in [-0.39, 0.29) is 29.8 Å². The SMILES string of the molecule is CC(C)Nc1cccc(F)c1N[C@H]1CCN(C(C)C)C1=O. The maximum Gasteiger partial charge on any atom is 0.245 e. The molecule has 1 aliphatic rings. The monoisotopic (exact) mass is 293 g/mol. The normalized spacial score (nSPS) is 18.7. The summed E-state index contributed by atoms with van der Waals surface area (Å²) in [4.78, 5) is 14.1. The predicted molar refractivity (Wildman–Crippen MR) is 84.0 cm³/mol. The van der Waals surface area contributed by atoms with Gasteiger partial charge in [-0.2, -0.15) is 0 Å². The Kier molecular flexibility index (Phi) is 4.70. The van der Waals surface area contributed by atoms with Crippen LogP contribution in [-0.2, 0) is 4.79 Å². The Labute approximate surface area is 125 Å². The molecule has 1 aliphatic heterocycles. The minimum Gasteiger partial charge on any atom is -0.381 e. The van der Waals surface area contributed by atoms with Crippen molar-refractivity contribution >= 4 is 17.3 Å². The third kappa shape index (κ3) is 3.46. The highest BCUT2D eigenvalue weighted by Crippen LogP contribution is 2.28. The average Bonchev–Trinajstić information content (AvgIpc) is 2.74. The maximum atomic E-state index is 14.1. The second-order valence-electron chi connectivity index (χ2n) is 6.07. The molecule has 1 saturated heterocycles. The molecular formula is C16H24FN3O. The fraction of sp³-hybridized carbons (Fsp3) is 0.562. The molecule has 0 aromatic heterocycles. The van der Waals surface area contributed by atoms with E-state index in [2.05, 4.69) is 10.6 Å². The summed E-state index contributed by atoms with van der Waals surface area (Å²) in [7, 11) is 0. The van der Waals surface area contributed by atoms with Crippen LogP contribution < -0.4 is 10.6 Å². The first-order valence-corrected chi connectivity index (χ1v) is 7.52. The zero-order valence-electron chi connectivity index (χ0n) is 13.1. The summed E-state index contributed by atoms with van der Waals surface area (Å²) in [5, 5.41) is 6.30. The molecule has 1 heterocycles. The van der Waals surface area contributed by atoms with Gasteiger partial charge < -0.3 is 15.5 Å². The van der Waals surface area contributed by atoms with Gasteiger partial charge in [-0.3, -0.25) is 4.79 Å². The van der Waals surface area contributed by atoms with Crippen LogP contribution in [0.15, 0.2) is 18.2 Å². The zero-order chi connectivity index (χ0) is 15.6. The molecule has 1 aromatic carbocycles. The van der Waals surface area contributed by atoms with Crippen LogP contribution in [-0.4, -0.2) is 35.5 Å². The van der Waals surface area contributed by atoms with E-state index in [0.29, 0.717) is 17.8 Å². The first kappa shape index (κ1) is 15.6. The highest BCUT2D eigenvalue weighted by Gasteiger charge is 2.33. The molecule has 1 aromatic rings. The molecule has 0 aliphatic carbocycles. The molecule has 4 nitrogen and oxygen atoms in total. The van der Waals surface area contributed by atoms with Gasteiger partial charge in [0.05, 0.1) is 11.4 Å². The Bertz CT molecular complexity index is 516. The second kappa shape index (κ2) is 6.33. The van der Waals surface area contributed by atoms with E-state index in [9.17, 15) is 9.18 Å². The lowest BCUT2D eigenvalue weighted by atomic mass is 10.2. The van der Waals surface area contributed by atoms with Crippen LogP contribution in [0.5, 0.6) is 0 Å². The summed E-state index contributed by atoms with van der Waals surface area (Å²) < 4.78 is 14.1. The predicted octanol–water partition coefficient (Wildman–Crippen LogP) is 3.07. The molecule has 2 N–H and O–H groups in total. The Morgan fingerprint density at radius 3 is 2.57 bits per heavy atom. The second-order valence-corrected chi connectivity index (χ2v) is 6.07. The van der Waals surface area contributed by atoms with E-state index in [1.54, 1.807) is 6.07 Å². The lowest BCUT2D eigenvalue weighted by Gasteiger charge is -2.22. The molecule has 21 heavy (non-hydrogen) atoms. The van der Waals surface area contributed by atoms with E-state index in [4.69, 9.17) is 0 Å². The smallest absolute Gasteiger partial charge is 0.245 e. The third-order valence-corrected chi connectivity index (χ3v) is 3.64. The quantitative estimate of drug-likeness (QED) is 0.877. The van der Waals surface area contributed by atoms with E-state index in [1.807, 2.05) is 38.7 Å². The van der Waals surface area contributed by atoms with Crippen molar-refractivity contribution in [2.75, 3.05) is 17.2 Å². The number of benzene rings is 1. The number of amides is 1. The standard InChI is InChI=1S/C16H24FN3O/c1-10(2)18-13-7-5-6-12(17)15(13)19-14-8-9-20(11(3)4)16(14)21/h5-7,10-11,14,18-19H,8-9H2,1-4H3/t14-/m0/s1. The highest BCUT2D eigenvalue weighted by molar-refractivity contribution is 5.88. The minimum atomic E-state index is -0.350. The van der Waals surface area contributed by atoms with Gasteiger partial charge in [-0.15, -0.1) is 0 Å². The van der Waals surface area contributed by atoms with Crippen molar-refractivity contribution in [2.45, 2.75) is 52.2 Å². The number of carbonyl (C=O) groups is 1. The summed E-state index contributed by atoms with van der Waals surface area (Å²) in [5.74, 6) is -0.291. The molecule has 0 bridgehead atoms.